The summed E-state index contributed by atoms with van der Waals surface area (Å²) in [5.74, 6) is 0. The van der Waals surface area contributed by atoms with Gasteiger partial charge in [0.05, 0.1) is 12.0 Å². The van der Waals surface area contributed by atoms with Crippen molar-refractivity contribution in [2.24, 2.45) is 0 Å². The molecule has 0 aliphatic heterocycles. The van der Waals surface area contributed by atoms with E-state index in [-0.39, 0.29) is 6.61 Å². The minimum absolute atomic E-state index is 0.233. The van der Waals surface area contributed by atoms with Crippen molar-refractivity contribution < 1.29 is 17.9 Å². The molecule has 0 heterocycles. The van der Waals surface area contributed by atoms with E-state index >= 15 is 0 Å². The van der Waals surface area contributed by atoms with Gasteiger partial charge in [0.25, 0.3) is 0 Å². The molecule has 0 spiro atoms. The Morgan fingerprint density at radius 3 is 2.33 bits per heavy atom. The van der Waals surface area contributed by atoms with Gasteiger partial charge in [-0.15, -0.1) is 11.6 Å². The number of hydrogen-bond donors (Lipinski definition) is 0. The number of alkyl halides is 4. The van der Waals surface area contributed by atoms with E-state index in [4.69, 9.17) is 23.2 Å². The van der Waals surface area contributed by atoms with Gasteiger partial charge in [0.15, 0.2) is 0 Å². The van der Waals surface area contributed by atoms with Crippen molar-refractivity contribution in [2.45, 2.75) is 25.4 Å². The molecule has 6 heteroatoms. The Morgan fingerprint density at radius 1 is 1.22 bits per heavy atom. The first-order valence-corrected chi connectivity index (χ1v) is 6.07. The van der Waals surface area contributed by atoms with Gasteiger partial charge in [-0.2, -0.15) is 13.2 Å². The Bertz CT molecular complexity index is 419. The van der Waals surface area contributed by atoms with Crippen LogP contribution in [0.3, 0.4) is 0 Å². The highest BCUT2D eigenvalue weighted by Crippen LogP contribution is 2.31. The molecule has 0 aliphatic rings. The van der Waals surface area contributed by atoms with Crippen molar-refractivity contribution in [1.29, 1.82) is 0 Å². The zero-order valence-electron chi connectivity index (χ0n) is 9.94. The summed E-state index contributed by atoms with van der Waals surface area (Å²) in [7, 11) is 0. The van der Waals surface area contributed by atoms with Crippen molar-refractivity contribution in [2.75, 3.05) is 13.2 Å². The Labute approximate surface area is 114 Å². The van der Waals surface area contributed by atoms with Crippen LogP contribution in [0.5, 0.6) is 0 Å². The van der Waals surface area contributed by atoms with Gasteiger partial charge in [0.1, 0.15) is 6.61 Å². The molecule has 0 radical (unpaired) electrons. The molecule has 1 rings (SSSR count). The lowest BCUT2D eigenvalue weighted by molar-refractivity contribution is -0.173. The van der Waals surface area contributed by atoms with E-state index in [2.05, 4.69) is 4.74 Å². The molecule has 0 N–H and O–H groups in total. The summed E-state index contributed by atoms with van der Waals surface area (Å²) in [6.45, 7) is 2.24. The molecule has 102 valence electrons. The summed E-state index contributed by atoms with van der Waals surface area (Å²) >= 11 is 12.0. The molecule has 0 amide bonds. The fraction of sp³-hybridized carbons (Fsp3) is 0.500. The van der Waals surface area contributed by atoms with Gasteiger partial charge < -0.3 is 4.74 Å². The molecule has 1 aromatic carbocycles. The number of ether oxygens (including phenoxy) is 1. The highest BCUT2D eigenvalue weighted by atomic mass is 35.5. The summed E-state index contributed by atoms with van der Waals surface area (Å²) in [6.07, 6.45) is -4.34. The van der Waals surface area contributed by atoms with E-state index in [1.807, 2.05) is 13.8 Å². The average Bonchev–Trinajstić information content (AvgIpc) is 2.21. The van der Waals surface area contributed by atoms with Crippen LogP contribution in [0.1, 0.15) is 22.1 Å². The lowest BCUT2D eigenvalue weighted by Crippen LogP contribution is -2.18. The predicted molar refractivity (Wildman–Crippen MR) is 66.4 cm³/mol. The SMILES string of the molecule is Cc1cc(Cl)c(C(Cl)COCC(F)(F)F)cc1C. The molecule has 1 atom stereocenters. The third-order valence-corrected chi connectivity index (χ3v) is 3.17. The van der Waals surface area contributed by atoms with Crippen LogP contribution in [-0.2, 0) is 4.74 Å². The first kappa shape index (κ1) is 15.6. The summed E-state index contributed by atoms with van der Waals surface area (Å²) in [5.41, 5.74) is 2.57. The molecule has 1 unspecified atom stereocenters. The molecule has 0 saturated carbocycles. The van der Waals surface area contributed by atoms with E-state index in [1.165, 1.54) is 0 Å². The van der Waals surface area contributed by atoms with E-state index in [0.29, 0.717) is 10.6 Å². The lowest BCUT2D eigenvalue weighted by Gasteiger charge is -2.15. The zero-order chi connectivity index (χ0) is 13.9. The van der Waals surface area contributed by atoms with Gasteiger partial charge in [-0.05, 0) is 36.6 Å². The molecule has 0 bridgehead atoms. The third kappa shape index (κ3) is 4.67. The second-order valence-electron chi connectivity index (χ2n) is 4.06. The highest BCUT2D eigenvalue weighted by Gasteiger charge is 2.28. The molecular formula is C12H13Cl2F3O. The fourth-order valence-corrected chi connectivity index (χ4v) is 2.09. The van der Waals surface area contributed by atoms with Crippen LogP contribution in [0.2, 0.25) is 5.02 Å². The van der Waals surface area contributed by atoms with Gasteiger partial charge in [0, 0.05) is 5.02 Å². The summed E-state index contributed by atoms with van der Waals surface area (Å²) in [4.78, 5) is 0. The Balaban J connectivity index is 2.67. The van der Waals surface area contributed by atoms with Crippen molar-refractivity contribution in [1.82, 2.24) is 0 Å². The molecular weight excluding hydrogens is 288 g/mol. The van der Waals surface area contributed by atoms with Gasteiger partial charge >= 0.3 is 6.18 Å². The van der Waals surface area contributed by atoms with E-state index in [9.17, 15) is 13.2 Å². The minimum atomic E-state index is -4.34. The second-order valence-corrected chi connectivity index (χ2v) is 4.99. The number of aryl methyl sites for hydroxylation is 2. The van der Waals surface area contributed by atoms with Gasteiger partial charge in [-0.3, -0.25) is 0 Å². The van der Waals surface area contributed by atoms with Crippen LogP contribution in [-0.4, -0.2) is 19.4 Å². The van der Waals surface area contributed by atoms with E-state index in [1.54, 1.807) is 12.1 Å². The van der Waals surface area contributed by atoms with Gasteiger partial charge in [-0.1, -0.05) is 17.7 Å². The largest absolute Gasteiger partial charge is 0.411 e. The Kier molecular flexibility index (Phi) is 5.32. The standard InChI is InChI=1S/C12H13Cl2F3O/c1-7-3-9(10(13)4-8(7)2)11(14)5-18-6-12(15,16)17/h3-4,11H,5-6H2,1-2H3. The monoisotopic (exact) mass is 300 g/mol. The number of hydrogen-bond acceptors (Lipinski definition) is 1. The summed E-state index contributed by atoms with van der Waals surface area (Å²) < 4.78 is 40.3. The van der Waals surface area contributed by atoms with Crippen LogP contribution >= 0.6 is 23.2 Å². The first-order chi connectivity index (χ1) is 8.20. The molecule has 18 heavy (non-hydrogen) atoms. The zero-order valence-corrected chi connectivity index (χ0v) is 11.5. The second kappa shape index (κ2) is 6.13. The molecule has 0 aliphatic carbocycles. The maximum Gasteiger partial charge on any atom is 0.411 e. The number of rotatable bonds is 4. The van der Waals surface area contributed by atoms with Crippen LogP contribution in [0.4, 0.5) is 13.2 Å². The maximum atomic E-state index is 11.9. The van der Waals surface area contributed by atoms with Crippen molar-refractivity contribution in [3.63, 3.8) is 0 Å². The molecule has 1 nitrogen and oxygen atoms in total. The van der Waals surface area contributed by atoms with E-state index < -0.39 is 18.2 Å². The van der Waals surface area contributed by atoms with Crippen molar-refractivity contribution in [3.05, 3.63) is 33.8 Å². The summed E-state index contributed by atoms with van der Waals surface area (Å²) in [6, 6.07) is 3.51. The predicted octanol–water partition coefficient (Wildman–Crippen LogP) is 4.82. The minimum Gasteiger partial charge on any atom is -0.370 e. The molecule has 0 saturated heterocycles. The summed E-state index contributed by atoms with van der Waals surface area (Å²) in [5, 5.41) is -0.257. The van der Waals surface area contributed by atoms with Crippen LogP contribution in [0.15, 0.2) is 12.1 Å². The van der Waals surface area contributed by atoms with Crippen LogP contribution in [0.25, 0.3) is 0 Å². The Morgan fingerprint density at radius 2 is 1.78 bits per heavy atom. The third-order valence-electron chi connectivity index (χ3n) is 2.48. The lowest BCUT2D eigenvalue weighted by atomic mass is 10.0. The van der Waals surface area contributed by atoms with Crippen LogP contribution in [0, 0.1) is 13.8 Å². The quantitative estimate of drug-likeness (QED) is 0.725. The number of halogens is 5. The fourth-order valence-electron chi connectivity index (χ4n) is 1.41. The van der Waals surface area contributed by atoms with Gasteiger partial charge in [0.2, 0.25) is 0 Å². The smallest absolute Gasteiger partial charge is 0.370 e. The number of benzene rings is 1. The normalized spacial score (nSPS) is 13.7. The highest BCUT2D eigenvalue weighted by molar-refractivity contribution is 6.32. The molecule has 1 aromatic rings. The first-order valence-electron chi connectivity index (χ1n) is 5.26. The van der Waals surface area contributed by atoms with Crippen molar-refractivity contribution >= 4 is 23.2 Å². The van der Waals surface area contributed by atoms with Crippen molar-refractivity contribution in [3.8, 4) is 0 Å². The maximum absolute atomic E-state index is 11.9. The van der Waals surface area contributed by atoms with Gasteiger partial charge in [-0.25, -0.2) is 0 Å². The van der Waals surface area contributed by atoms with Crippen LogP contribution < -0.4 is 0 Å². The molecule has 0 fully saturated rings. The average molecular weight is 301 g/mol. The topological polar surface area (TPSA) is 9.23 Å². The van der Waals surface area contributed by atoms with E-state index in [0.717, 1.165) is 11.1 Å². The molecule has 0 aromatic heterocycles. The Hall–Kier alpha value is -0.450.